The summed E-state index contributed by atoms with van der Waals surface area (Å²) in [6.07, 6.45) is 8.61. The zero-order valence-electron chi connectivity index (χ0n) is 34.7. The van der Waals surface area contributed by atoms with Crippen LogP contribution < -0.4 is 4.90 Å². The van der Waals surface area contributed by atoms with Crippen LogP contribution in [-0.4, -0.2) is 0 Å². The van der Waals surface area contributed by atoms with Gasteiger partial charge in [0.1, 0.15) is 11.2 Å². The Morgan fingerprint density at radius 2 is 0.952 bits per heavy atom. The molecule has 4 aliphatic rings. The van der Waals surface area contributed by atoms with E-state index in [1.807, 2.05) is 17.4 Å². The highest BCUT2D eigenvalue weighted by molar-refractivity contribution is 7.25. The van der Waals surface area contributed by atoms with Gasteiger partial charge in [-0.25, -0.2) is 0 Å². The van der Waals surface area contributed by atoms with Crippen molar-refractivity contribution in [3.63, 3.8) is 0 Å². The van der Waals surface area contributed by atoms with Gasteiger partial charge in [-0.15, -0.1) is 11.3 Å². The molecule has 1 atom stereocenters. The van der Waals surface area contributed by atoms with E-state index >= 15 is 0 Å². The third-order valence-electron chi connectivity index (χ3n) is 15.0. The summed E-state index contributed by atoms with van der Waals surface area (Å²) in [6, 6.07) is 70.0. The molecule has 4 bridgehead atoms. The Bertz CT molecular complexity index is 3120. The molecule has 0 radical (unpaired) electrons. The molecular formula is C59H47NOS. The molecule has 3 heteroatoms. The summed E-state index contributed by atoms with van der Waals surface area (Å²) in [4.78, 5) is 2.41. The van der Waals surface area contributed by atoms with Gasteiger partial charge in [0, 0.05) is 53.9 Å². The lowest BCUT2D eigenvalue weighted by molar-refractivity contribution is -0.00518. The Balaban J connectivity index is 0.841. The number of hydrogen-bond acceptors (Lipinski definition) is 3. The van der Waals surface area contributed by atoms with Crippen LogP contribution in [0.4, 0.5) is 17.1 Å². The van der Waals surface area contributed by atoms with Crippen LogP contribution in [0.5, 0.6) is 0 Å². The summed E-state index contributed by atoms with van der Waals surface area (Å²) in [5.41, 5.74) is 13.6. The number of para-hydroxylation sites is 2. The zero-order valence-corrected chi connectivity index (χ0v) is 35.5. The number of fused-ring (bicyclic) bond motifs is 6. The maximum Gasteiger partial charge on any atom is 0.135 e. The van der Waals surface area contributed by atoms with E-state index in [4.69, 9.17) is 4.42 Å². The van der Waals surface area contributed by atoms with Crippen LogP contribution in [0.1, 0.15) is 66.7 Å². The number of furan rings is 1. The van der Waals surface area contributed by atoms with Crippen LogP contribution in [0.3, 0.4) is 0 Å². The number of anilines is 3. The van der Waals surface area contributed by atoms with E-state index in [1.165, 1.54) is 97.9 Å². The topological polar surface area (TPSA) is 16.4 Å². The standard InChI is InChI=1S/C59H47NOS/c1-2-8-47(9-3-1)60(49-26-22-46(23-27-49)59-35-38-30-39(36-59)32-40(31-38)37-59)48-24-18-42(19-25-48)41-14-16-43(17-15-41)58(44-20-28-55-52(33-44)50-10-4-6-12-54(50)61-55)45-21-29-57-53(34-45)51-11-5-7-13-56(51)62-57/h1-29,33-34,38-40,58H,30-32,35-37H2. The lowest BCUT2D eigenvalue weighted by Gasteiger charge is -2.57. The smallest absolute Gasteiger partial charge is 0.135 e. The molecule has 0 N–H and O–H groups in total. The fraction of sp³-hybridized carbons (Fsp3) is 0.186. The highest BCUT2D eigenvalue weighted by atomic mass is 32.1. The van der Waals surface area contributed by atoms with Gasteiger partial charge in [0.2, 0.25) is 0 Å². The summed E-state index contributed by atoms with van der Waals surface area (Å²) < 4.78 is 8.93. The Labute approximate surface area is 367 Å². The second-order valence-corrected chi connectivity index (χ2v) is 19.8. The van der Waals surface area contributed by atoms with Crippen molar-refractivity contribution in [2.45, 2.75) is 49.9 Å². The van der Waals surface area contributed by atoms with E-state index in [1.54, 1.807) is 5.56 Å². The van der Waals surface area contributed by atoms with Gasteiger partial charge in [-0.3, -0.25) is 0 Å². The van der Waals surface area contributed by atoms with Crippen LogP contribution >= 0.6 is 11.3 Å². The molecule has 4 aliphatic carbocycles. The van der Waals surface area contributed by atoms with Gasteiger partial charge in [0.15, 0.2) is 0 Å². The molecule has 300 valence electrons. The predicted molar refractivity (Wildman–Crippen MR) is 260 cm³/mol. The van der Waals surface area contributed by atoms with Crippen LogP contribution in [0.15, 0.2) is 192 Å². The molecular weight excluding hydrogens is 771 g/mol. The molecule has 10 aromatic rings. The lowest BCUT2D eigenvalue weighted by Crippen LogP contribution is -2.48. The normalized spacial score (nSPS) is 21.0. The molecule has 8 aromatic carbocycles. The fourth-order valence-electron chi connectivity index (χ4n) is 12.5. The SMILES string of the molecule is c1ccc(N(c2ccc(-c3ccc(C(c4ccc5oc6ccccc6c5c4)c4ccc5sc6ccccc6c5c4)cc3)cc2)c2ccc(C34CC5CC(CC(C5)C3)C4)cc2)cc1. The minimum atomic E-state index is 0.0429. The highest BCUT2D eigenvalue weighted by Crippen LogP contribution is 2.61. The molecule has 0 saturated heterocycles. The number of nitrogens with zero attached hydrogens (tertiary/aromatic N) is 1. The number of thiophene rings is 1. The van der Waals surface area contributed by atoms with Crippen molar-refractivity contribution in [1.82, 2.24) is 0 Å². The second-order valence-electron chi connectivity index (χ2n) is 18.7. The first-order chi connectivity index (χ1) is 30.6. The van der Waals surface area contributed by atoms with Gasteiger partial charge in [-0.1, -0.05) is 115 Å². The first-order valence-electron chi connectivity index (χ1n) is 22.6. The average Bonchev–Trinajstić information content (AvgIpc) is 3.88. The van der Waals surface area contributed by atoms with Crippen molar-refractivity contribution in [3.05, 3.63) is 210 Å². The van der Waals surface area contributed by atoms with E-state index in [-0.39, 0.29) is 5.92 Å². The number of benzene rings is 8. The molecule has 0 aliphatic heterocycles. The first-order valence-corrected chi connectivity index (χ1v) is 23.4. The molecule has 62 heavy (non-hydrogen) atoms. The Morgan fingerprint density at radius 1 is 0.435 bits per heavy atom. The number of hydrogen-bond donors (Lipinski definition) is 0. The van der Waals surface area contributed by atoms with Gasteiger partial charge in [0.25, 0.3) is 0 Å². The fourth-order valence-corrected chi connectivity index (χ4v) is 13.6. The summed E-state index contributed by atoms with van der Waals surface area (Å²) >= 11 is 1.87. The quantitative estimate of drug-likeness (QED) is 0.142. The van der Waals surface area contributed by atoms with E-state index in [2.05, 4.69) is 187 Å². The van der Waals surface area contributed by atoms with E-state index in [0.717, 1.165) is 45.4 Å². The zero-order chi connectivity index (χ0) is 40.8. The Hall–Kier alpha value is -6.42. The Kier molecular flexibility index (Phi) is 8.38. The molecule has 2 heterocycles. The van der Waals surface area contributed by atoms with Gasteiger partial charge in [-0.05, 0) is 168 Å². The third kappa shape index (κ3) is 6.04. The predicted octanol–water partition coefficient (Wildman–Crippen LogP) is 16.7. The minimum absolute atomic E-state index is 0.0429. The van der Waals surface area contributed by atoms with E-state index in [9.17, 15) is 0 Å². The van der Waals surface area contributed by atoms with Crippen molar-refractivity contribution in [2.75, 3.05) is 4.90 Å². The number of rotatable bonds is 8. The lowest BCUT2D eigenvalue weighted by atomic mass is 9.48. The first kappa shape index (κ1) is 36.3. The van der Waals surface area contributed by atoms with Gasteiger partial charge < -0.3 is 9.32 Å². The molecule has 1 unspecified atom stereocenters. The molecule has 14 rings (SSSR count). The van der Waals surface area contributed by atoms with Crippen molar-refractivity contribution in [3.8, 4) is 11.1 Å². The largest absolute Gasteiger partial charge is 0.456 e. The van der Waals surface area contributed by atoms with E-state index in [0.29, 0.717) is 5.41 Å². The van der Waals surface area contributed by atoms with Crippen LogP contribution in [0, 0.1) is 17.8 Å². The molecule has 0 spiro atoms. The molecule has 2 nitrogen and oxygen atoms in total. The maximum atomic E-state index is 6.28. The van der Waals surface area contributed by atoms with Crippen molar-refractivity contribution < 1.29 is 4.42 Å². The molecule has 4 saturated carbocycles. The highest BCUT2D eigenvalue weighted by Gasteiger charge is 2.51. The van der Waals surface area contributed by atoms with Crippen LogP contribution in [0.25, 0.3) is 53.2 Å². The summed E-state index contributed by atoms with van der Waals surface area (Å²) in [6.45, 7) is 0. The summed E-state index contributed by atoms with van der Waals surface area (Å²) in [5, 5.41) is 4.96. The molecule has 0 amide bonds. The molecule has 2 aromatic heterocycles. The van der Waals surface area contributed by atoms with Gasteiger partial charge in [-0.2, -0.15) is 0 Å². The van der Waals surface area contributed by atoms with E-state index < -0.39 is 0 Å². The second kappa shape index (κ2) is 14.3. The van der Waals surface area contributed by atoms with Crippen molar-refractivity contribution >= 4 is 70.5 Å². The molecule has 4 fully saturated rings. The monoisotopic (exact) mass is 817 g/mol. The Morgan fingerprint density at radius 3 is 1.66 bits per heavy atom. The summed E-state index contributed by atoms with van der Waals surface area (Å²) in [5.74, 6) is 2.87. The van der Waals surface area contributed by atoms with Gasteiger partial charge >= 0.3 is 0 Å². The van der Waals surface area contributed by atoms with Crippen LogP contribution in [0.2, 0.25) is 0 Å². The minimum Gasteiger partial charge on any atom is -0.456 e. The average molecular weight is 818 g/mol. The third-order valence-corrected chi connectivity index (χ3v) is 16.1. The van der Waals surface area contributed by atoms with Crippen molar-refractivity contribution in [1.29, 1.82) is 0 Å². The van der Waals surface area contributed by atoms with Crippen molar-refractivity contribution in [2.24, 2.45) is 17.8 Å². The van der Waals surface area contributed by atoms with Gasteiger partial charge in [0.05, 0.1) is 0 Å². The maximum absolute atomic E-state index is 6.28. The summed E-state index contributed by atoms with van der Waals surface area (Å²) in [7, 11) is 0. The van der Waals surface area contributed by atoms with Crippen LogP contribution in [-0.2, 0) is 5.41 Å².